The van der Waals surface area contributed by atoms with Crippen LogP contribution in [0.15, 0.2) is 23.1 Å². The van der Waals surface area contributed by atoms with Gasteiger partial charge >= 0.3 is 5.97 Å². The number of nitrogens with one attached hydrogen (secondary N) is 1. The van der Waals surface area contributed by atoms with Crippen molar-refractivity contribution in [3.8, 4) is 11.5 Å². The molecule has 0 saturated heterocycles. The zero-order valence-electron chi connectivity index (χ0n) is 11.2. The Balaban J connectivity index is 2.18. The van der Waals surface area contributed by atoms with Crippen molar-refractivity contribution in [3.63, 3.8) is 0 Å². The van der Waals surface area contributed by atoms with Crippen molar-refractivity contribution in [2.45, 2.75) is 17.4 Å². The third-order valence-electron chi connectivity index (χ3n) is 2.89. The Labute approximate surface area is 121 Å². The van der Waals surface area contributed by atoms with Crippen LogP contribution < -0.4 is 14.2 Å². The summed E-state index contributed by atoms with van der Waals surface area (Å²) in [5.41, 5.74) is -2.19. The highest BCUT2D eigenvalue weighted by molar-refractivity contribution is 7.89. The van der Waals surface area contributed by atoms with Crippen LogP contribution in [0.5, 0.6) is 11.5 Å². The lowest BCUT2D eigenvalue weighted by atomic mass is 10.1. The van der Waals surface area contributed by atoms with Crippen molar-refractivity contribution < 1.29 is 32.9 Å². The van der Waals surface area contributed by atoms with Crippen molar-refractivity contribution >= 4 is 16.0 Å². The lowest BCUT2D eigenvalue weighted by Gasteiger charge is -2.20. The quantitative estimate of drug-likeness (QED) is 0.673. The first kappa shape index (κ1) is 15.5. The van der Waals surface area contributed by atoms with Crippen LogP contribution in [-0.4, -0.2) is 50.0 Å². The highest BCUT2D eigenvalue weighted by atomic mass is 32.2. The first-order chi connectivity index (χ1) is 9.72. The van der Waals surface area contributed by atoms with Gasteiger partial charge in [0.05, 0.1) is 11.4 Å². The van der Waals surface area contributed by atoms with E-state index < -0.39 is 28.1 Å². The van der Waals surface area contributed by atoms with Gasteiger partial charge in [0.15, 0.2) is 17.1 Å². The lowest BCUT2D eigenvalue weighted by molar-refractivity contribution is -0.155. The van der Waals surface area contributed by atoms with E-state index in [-0.39, 0.29) is 4.90 Å². The minimum Gasteiger partial charge on any atom is -0.486 e. The average molecular weight is 317 g/mol. The van der Waals surface area contributed by atoms with Gasteiger partial charge in [-0.1, -0.05) is 0 Å². The Morgan fingerprint density at radius 3 is 2.57 bits per heavy atom. The topological polar surface area (TPSA) is 122 Å². The lowest BCUT2D eigenvalue weighted by Crippen LogP contribution is -2.46. The van der Waals surface area contributed by atoms with Crippen LogP contribution in [0.1, 0.15) is 6.92 Å². The number of carboxylic acids is 1. The normalized spacial score (nSPS) is 17.0. The molecule has 0 saturated carbocycles. The number of aliphatic hydroxyl groups is 1. The second kappa shape index (κ2) is 5.51. The Kier molecular flexibility index (Phi) is 4.08. The number of fused-ring (bicyclic) bond motifs is 1. The van der Waals surface area contributed by atoms with E-state index in [0.29, 0.717) is 24.7 Å². The molecule has 116 valence electrons. The number of hydrogen-bond donors (Lipinski definition) is 3. The molecule has 1 aliphatic heterocycles. The highest BCUT2D eigenvalue weighted by Crippen LogP contribution is 2.32. The van der Waals surface area contributed by atoms with Crippen LogP contribution in [-0.2, 0) is 14.8 Å². The van der Waals surface area contributed by atoms with Crippen LogP contribution in [0.25, 0.3) is 0 Å². The van der Waals surface area contributed by atoms with Gasteiger partial charge in [-0.05, 0) is 19.1 Å². The molecule has 2 rings (SSSR count). The molecule has 1 aromatic rings. The molecule has 1 atom stereocenters. The summed E-state index contributed by atoms with van der Waals surface area (Å²) in [6, 6.07) is 4.05. The number of rotatable bonds is 5. The monoisotopic (exact) mass is 317 g/mol. The summed E-state index contributed by atoms with van der Waals surface area (Å²) in [6.45, 7) is 1.05. The number of benzene rings is 1. The summed E-state index contributed by atoms with van der Waals surface area (Å²) in [6.07, 6.45) is 0. The molecule has 0 radical (unpaired) electrons. The summed E-state index contributed by atoms with van der Waals surface area (Å²) in [5, 5.41) is 18.3. The Bertz CT molecular complexity index is 654. The number of carboxylic acid groups (broad SMARTS) is 1. The van der Waals surface area contributed by atoms with Gasteiger partial charge in [0, 0.05) is 6.07 Å². The smallest absolute Gasteiger partial charge is 0.336 e. The SMILES string of the molecule is CC(O)(CNS(=O)(=O)c1ccc2c(c1)OCCO2)C(=O)O. The van der Waals surface area contributed by atoms with E-state index in [1.165, 1.54) is 18.2 Å². The fourth-order valence-corrected chi connectivity index (χ4v) is 2.73. The predicted octanol–water partition coefficient (Wildman–Crippen LogP) is -0.428. The van der Waals surface area contributed by atoms with Gasteiger partial charge in [-0.2, -0.15) is 0 Å². The maximum atomic E-state index is 12.1. The van der Waals surface area contributed by atoms with Gasteiger partial charge in [0.1, 0.15) is 13.2 Å². The van der Waals surface area contributed by atoms with E-state index in [2.05, 4.69) is 0 Å². The molecule has 21 heavy (non-hydrogen) atoms. The molecule has 0 amide bonds. The summed E-state index contributed by atoms with van der Waals surface area (Å²) >= 11 is 0. The van der Waals surface area contributed by atoms with Gasteiger partial charge in [-0.3, -0.25) is 0 Å². The number of sulfonamides is 1. The zero-order valence-corrected chi connectivity index (χ0v) is 12.0. The molecule has 0 aromatic heterocycles. The number of hydrogen-bond acceptors (Lipinski definition) is 6. The van der Waals surface area contributed by atoms with Crippen LogP contribution in [0.2, 0.25) is 0 Å². The second-order valence-electron chi connectivity index (χ2n) is 4.71. The molecule has 3 N–H and O–H groups in total. The Morgan fingerprint density at radius 1 is 1.33 bits per heavy atom. The van der Waals surface area contributed by atoms with E-state index >= 15 is 0 Å². The minimum atomic E-state index is -3.97. The minimum absolute atomic E-state index is 0.104. The number of carbonyl (C=O) groups is 1. The van der Waals surface area contributed by atoms with E-state index in [1.54, 1.807) is 0 Å². The van der Waals surface area contributed by atoms with Crippen LogP contribution in [0.3, 0.4) is 0 Å². The fraction of sp³-hybridized carbons (Fsp3) is 0.417. The fourth-order valence-electron chi connectivity index (χ4n) is 1.59. The van der Waals surface area contributed by atoms with E-state index in [9.17, 15) is 18.3 Å². The standard InChI is InChI=1S/C12H15NO7S/c1-12(16,11(14)15)7-13-21(17,18)8-2-3-9-10(6-8)20-5-4-19-9/h2-3,6,13,16H,4-5,7H2,1H3,(H,14,15). The van der Waals surface area contributed by atoms with Crippen molar-refractivity contribution in [2.75, 3.05) is 19.8 Å². The first-order valence-corrected chi connectivity index (χ1v) is 7.56. The van der Waals surface area contributed by atoms with Crippen LogP contribution in [0.4, 0.5) is 0 Å². The molecule has 0 spiro atoms. The Morgan fingerprint density at radius 2 is 1.95 bits per heavy atom. The largest absolute Gasteiger partial charge is 0.486 e. The summed E-state index contributed by atoms with van der Waals surface area (Å²) in [5.74, 6) is -0.778. The first-order valence-electron chi connectivity index (χ1n) is 6.07. The summed E-state index contributed by atoms with van der Waals surface area (Å²) in [7, 11) is -3.97. The third kappa shape index (κ3) is 3.43. The molecule has 1 heterocycles. The molecule has 0 fully saturated rings. The summed E-state index contributed by atoms with van der Waals surface area (Å²) < 4.78 is 36.8. The average Bonchev–Trinajstić information content (AvgIpc) is 2.45. The van der Waals surface area contributed by atoms with Crippen LogP contribution in [0, 0.1) is 0 Å². The van der Waals surface area contributed by atoms with E-state index in [0.717, 1.165) is 6.92 Å². The maximum absolute atomic E-state index is 12.1. The molecular formula is C12H15NO7S. The van der Waals surface area contributed by atoms with Gasteiger partial charge in [0.25, 0.3) is 0 Å². The summed E-state index contributed by atoms with van der Waals surface area (Å²) in [4.78, 5) is 10.6. The van der Waals surface area contributed by atoms with Gasteiger partial charge in [0.2, 0.25) is 10.0 Å². The molecule has 1 aromatic carbocycles. The molecule has 1 aliphatic rings. The van der Waals surface area contributed by atoms with Crippen molar-refractivity contribution in [1.29, 1.82) is 0 Å². The molecule has 9 heteroatoms. The third-order valence-corrected chi connectivity index (χ3v) is 4.29. The van der Waals surface area contributed by atoms with Gasteiger partial charge in [-0.25, -0.2) is 17.9 Å². The molecule has 0 bridgehead atoms. The van der Waals surface area contributed by atoms with E-state index in [4.69, 9.17) is 14.6 Å². The van der Waals surface area contributed by atoms with Gasteiger partial charge in [-0.15, -0.1) is 0 Å². The number of ether oxygens (including phenoxy) is 2. The molecule has 8 nitrogen and oxygen atoms in total. The van der Waals surface area contributed by atoms with Crippen molar-refractivity contribution in [1.82, 2.24) is 4.72 Å². The molecular weight excluding hydrogens is 302 g/mol. The van der Waals surface area contributed by atoms with Crippen molar-refractivity contribution in [2.24, 2.45) is 0 Å². The van der Waals surface area contributed by atoms with E-state index in [1.807, 2.05) is 4.72 Å². The van der Waals surface area contributed by atoms with Crippen LogP contribution >= 0.6 is 0 Å². The number of aliphatic carboxylic acids is 1. The van der Waals surface area contributed by atoms with Gasteiger partial charge < -0.3 is 19.7 Å². The second-order valence-corrected chi connectivity index (χ2v) is 6.48. The molecule has 0 aliphatic carbocycles. The Hall–Kier alpha value is -1.84. The highest BCUT2D eigenvalue weighted by Gasteiger charge is 2.32. The molecule has 1 unspecified atom stereocenters. The zero-order chi connectivity index (χ0) is 15.7. The predicted molar refractivity (Wildman–Crippen MR) is 70.9 cm³/mol. The van der Waals surface area contributed by atoms with Crippen molar-refractivity contribution in [3.05, 3.63) is 18.2 Å². The maximum Gasteiger partial charge on any atom is 0.336 e.